The van der Waals surface area contributed by atoms with Gasteiger partial charge in [0.05, 0.1) is 6.54 Å². The maximum Gasteiger partial charge on any atom is 0.234 e. The molecule has 1 aromatic rings. The average molecular weight is 258 g/mol. The van der Waals surface area contributed by atoms with Crippen molar-refractivity contribution in [2.24, 2.45) is 0 Å². The highest BCUT2D eigenvalue weighted by Gasteiger charge is 2.24. The SMILES string of the molecule is C=CCNC(=O)CN(C)[C@H]1CCCc2ccccc21. The van der Waals surface area contributed by atoms with Crippen molar-refractivity contribution >= 4 is 5.91 Å². The van der Waals surface area contributed by atoms with Gasteiger partial charge < -0.3 is 5.32 Å². The summed E-state index contributed by atoms with van der Waals surface area (Å²) in [6.07, 6.45) is 5.18. The molecule has 3 nitrogen and oxygen atoms in total. The van der Waals surface area contributed by atoms with E-state index in [2.05, 4.69) is 41.1 Å². The summed E-state index contributed by atoms with van der Waals surface area (Å²) in [5, 5.41) is 2.83. The van der Waals surface area contributed by atoms with Crippen molar-refractivity contribution in [3.8, 4) is 0 Å². The van der Waals surface area contributed by atoms with E-state index < -0.39 is 0 Å². The third-order valence-electron chi connectivity index (χ3n) is 3.71. The molecule has 0 aliphatic heterocycles. The number of hydrogen-bond donors (Lipinski definition) is 1. The second-order valence-corrected chi connectivity index (χ2v) is 5.11. The van der Waals surface area contributed by atoms with E-state index in [4.69, 9.17) is 0 Å². The number of carbonyl (C=O) groups is 1. The predicted molar refractivity (Wildman–Crippen MR) is 78.0 cm³/mol. The lowest BCUT2D eigenvalue weighted by molar-refractivity contribution is -0.122. The number of carbonyl (C=O) groups excluding carboxylic acids is 1. The van der Waals surface area contributed by atoms with Gasteiger partial charge in [-0.05, 0) is 37.4 Å². The number of benzene rings is 1. The number of hydrogen-bond acceptors (Lipinski definition) is 2. The van der Waals surface area contributed by atoms with Crippen LogP contribution in [0.25, 0.3) is 0 Å². The second-order valence-electron chi connectivity index (χ2n) is 5.11. The van der Waals surface area contributed by atoms with Gasteiger partial charge in [0.15, 0.2) is 0 Å². The van der Waals surface area contributed by atoms with Gasteiger partial charge in [-0.3, -0.25) is 9.69 Å². The highest BCUT2D eigenvalue weighted by atomic mass is 16.2. The van der Waals surface area contributed by atoms with E-state index in [1.54, 1.807) is 6.08 Å². The first-order valence-corrected chi connectivity index (χ1v) is 6.88. The van der Waals surface area contributed by atoms with Crippen LogP contribution in [0.15, 0.2) is 36.9 Å². The Bertz CT molecular complexity index is 456. The topological polar surface area (TPSA) is 32.3 Å². The molecule has 0 unspecified atom stereocenters. The van der Waals surface area contributed by atoms with Gasteiger partial charge in [0.2, 0.25) is 5.91 Å². The summed E-state index contributed by atoms with van der Waals surface area (Å²) in [6.45, 7) is 4.58. The molecule has 1 aliphatic rings. The first kappa shape index (κ1) is 13.8. The molecule has 0 radical (unpaired) electrons. The monoisotopic (exact) mass is 258 g/mol. The van der Waals surface area contributed by atoms with E-state index >= 15 is 0 Å². The zero-order valence-electron chi connectivity index (χ0n) is 11.6. The Labute approximate surface area is 115 Å². The van der Waals surface area contributed by atoms with Crippen molar-refractivity contribution in [2.45, 2.75) is 25.3 Å². The minimum absolute atomic E-state index is 0.0606. The van der Waals surface area contributed by atoms with Gasteiger partial charge in [-0.1, -0.05) is 30.3 Å². The molecular formula is C16H22N2O. The van der Waals surface area contributed by atoms with E-state index in [1.165, 1.54) is 17.5 Å². The Balaban J connectivity index is 2.02. The fourth-order valence-electron chi connectivity index (χ4n) is 2.76. The van der Waals surface area contributed by atoms with E-state index in [0.29, 0.717) is 19.1 Å². The molecule has 0 saturated carbocycles. The van der Waals surface area contributed by atoms with Crippen LogP contribution in [-0.2, 0) is 11.2 Å². The predicted octanol–water partition coefficient (Wildman–Crippen LogP) is 2.30. The van der Waals surface area contributed by atoms with Crippen LogP contribution in [0.4, 0.5) is 0 Å². The number of rotatable bonds is 5. The van der Waals surface area contributed by atoms with E-state index in [0.717, 1.165) is 12.8 Å². The van der Waals surface area contributed by atoms with Crippen LogP contribution < -0.4 is 5.32 Å². The van der Waals surface area contributed by atoms with Crippen molar-refractivity contribution in [1.82, 2.24) is 10.2 Å². The van der Waals surface area contributed by atoms with Gasteiger partial charge in [0.25, 0.3) is 0 Å². The Hall–Kier alpha value is -1.61. The summed E-state index contributed by atoms with van der Waals surface area (Å²) in [5.74, 6) is 0.0606. The number of nitrogens with zero attached hydrogens (tertiary/aromatic N) is 1. The second kappa shape index (κ2) is 6.53. The number of nitrogens with one attached hydrogen (secondary N) is 1. The van der Waals surface area contributed by atoms with Crippen LogP contribution in [0.3, 0.4) is 0 Å². The minimum Gasteiger partial charge on any atom is -0.352 e. The van der Waals surface area contributed by atoms with Crippen molar-refractivity contribution in [2.75, 3.05) is 20.1 Å². The number of fused-ring (bicyclic) bond motifs is 1. The molecule has 0 saturated heterocycles. The van der Waals surface area contributed by atoms with E-state index in [1.807, 2.05) is 7.05 Å². The van der Waals surface area contributed by atoms with Crippen molar-refractivity contribution in [3.63, 3.8) is 0 Å². The standard InChI is InChI=1S/C16H22N2O/c1-3-11-17-16(19)12-18(2)15-10-6-8-13-7-4-5-9-14(13)15/h3-5,7,9,15H,1,6,8,10-12H2,2H3,(H,17,19)/t15-/m0/s1. The van der Waals surface area contributed by atoms with Gasteiger partial charge in [-0.25, -0.2) is 0 Å². The molecule has 0 aromatic heterocycles. The molecule has 0 spiro atoms. The van der Waals surface area contributed by atoms with Crippen LogP contribution >= 0.6 is 0 Å². The van der Waals surface area contributed by atoms with Crippen LogP contribution in [0, 0.1) is 0 Å². The molecule has 19 heavy (non-hydrogen) atoms. The molecule has 1 amide bonds. The molecule has 1 aliphatic carbocycles. The molecule has 1 atom stereocenters. The third kappa shape index (κ3) is 3.44. The fraction of sp³-hybridized carbons (Fsp3) is 0.438. The first-order chi connectivity index (χ1) is 9.22. The number of likely N-dealkylation sites (N-methyl/N-ethyl adjacent to an activating group) is 1. The van der Waals surface area contributed by atoms with Crippen LogP contribution in [-0.4, -0.2) is 30.9 Å². The molecule has 1 N–H and O–H groups in total. The minimum atomic E-state index is 0.0606. The lowest BCUT2D eigenvalue weighted by atomic mass is 9.87. The first-order valence-electron chi connectivity index (χ1n) is 6.88. The number of aryl methyl sites for hydroxylation is 1. The number of amides is 1. The lowest BCUT2D eigenvalue weighted by Gasteiger charge is -2.32. The van der Waals surface area contributed by atoms with Gasteiger partial charge in [0, 0.05) is 12.6 Å². The van der Waals surface area contributed by atoms with Crippen molar-refractivity contribution in [3.05, 3.63) is 48.0 Å². The van der Waals surface area contributed by atoms with E-state index in [-0.39, 0.29) is 5.91 Å². The largest absolute Gasteiger partial charge is 0.352 e. The summed E-state index contributed by atoms with van der Waals surface area (Å²) < 4.78 is 0. The summed E-state index contributed by atoms with van der Waals surface area (Å²) in [6, 6.07) is 8.94. The maximum absolute atomic E-state index is 11.8. The Kier molecular flexibility index (Phi) is 4.74. The molecule has 0 fully saturated rings. The maximum atomic E-state index is 11.8. The molecule has 1 aromatic carbocycles. The highest BCUT2D eigenvalue weighted by Crippen LogP contribution is 2.33. The fourth-order valence-corrected chi connectivity index (χ4v) is 2.76. The van der Waals surface area contributed by atoms with Crippen LogP contribution in [0.1, 0.15) is 30.0 Å². The van der Waals surface area contributed by atoms with Gasteiger partial charge >= 0.3 is 0 Å². The zero-order valence-corrected chi connectivity index (χ0v) is 11.6. The Morgan fingerprint density at radius 2 is 2.32 bits per heavy atom. The van der Waals surface area contributed by atoms with Crippen LogP contribution in [0.2, 0.25) is 0 Å². The quantitative estimate of drug-likeness (QED) is 0.822. The van der Waals surface area contributed by atoms with Crippen molar-refractivity contribution < 1.29 is 4.79 Å². The summed E-state index contributed by atoms with van der Waals surface area (Å²) in [7, 11) is 2.03. The van der Waals surface area contributed by atoms with Crippen LogP contribution in [0.5, 0.6) is 0 Å². The van der Waals surface area contributed by atoms with Gasteiger partial charge in [-0.2, -0.15) is 0 Å². The summed E-state index contributed by atoms with van der Waals surface area (Å²) in [5.41, 5.74) is 2.81. The van der Waals surface area contributed by atoms with Gasteiger partial charge in [-0.15, -0.1) is 6.58 Å². The summed E-state index contributed by atoms with van der Waals surface area (Å²) >= 11 is 0. The van der Waals surface area contributed by atoms with Gasteiger partial charge in [0.1, 0.15) is 0 Å². The summed E-state index contributed by atoms with van der Waals surface area (Å²) in [4.78, 5) is 13.9. The normalized spacial score (nSPS) is 17.9. The Morgan fingerprint density at radius 1 is 1.53 bits per heavy atom. The molecule has 3 heteroatoms. The average Bonchev–Trinajstić information content (AvgIpc) is 2.44. The smallest absolute Gasteiger partial charge is 0.234 e. The molecule has 0 heterocycles. The van der Waals surface area contributed by atoms with E-state index in [9.17, 15) is 4.79 Å². The zero-order chi connectivity index (χ0) is 13.7. The third-order valence-corrected chi connectivity index (χ3v) is 3.71. The molecular weight excluding hydrogens is 236 g/mol. The van der Waals surface area contributed by atoms with Crippen molar-refractivity contribution in [1.29, 1.82) is 0 Å². The Morgan fingerprint density at radius 3 is 3.11 bits per heavy atom. The molecule has 0 bridgehead atoms. The molecule has 102 valence electrons. The molecule has 2 rings (SSSR count). The highest BCUT2D eigenvalue weighted by molar-refractivity contribution is 5.78. The lowest BCUT2D eigenvalue weighted by Crippen LogP contribution is -2.38.